The molecule has 2 aliphatic rings. The number of nitrogens with one attached hydrogen (secondary N) is 3. The van der Waals surface area contributed by atoms with Crippen molar-refractivity contribution in [3.05, 3.63) is 89.4 Å². The topological polar surface area (TPSA) is 123 Å². The smallest absolute Gasteiger partial charge is 0.269 e. The number of benzene rings is 2. The highest BCUT2D eigenvalue weighted by molar-refractivity contribution is 6.20. The molecule has 0 saturated heterocycles. The van der Waals surface area contributed by atoms with Crippen molar-refractivity contribution in [1.29, 1.82) is 0 Å². The van der Waals surface area contributed by atoms with E-state index < -0.39 is 23.8 Å². The van der Waals surface area contributed by atoms with Crippen LogP contribution in [0.5, 0.6) is 5.88 Å². The molecule has 0 spiro atoms. The fourth-order valence-electron chi connectivity index (χ4n) is 4.87. The second-order valence-electron chi connectivity index (χ2n) is 10.1. The van der Waals surface area contributed by atoms with Gasteiger partial charge in [0, 0.05) is 41.9 Å². The molecule has 3 N–H and O–H groups in total. The third-order valence-corrected chi connectivity index (χ3v) is 6.70. The van der Waals surface area contributed by atoms with Crippen molar-refractivity contribution >= 4 is 29.0 Å². The summed E-state index contributed by atoms with van der Waals surface area (Å²) in [6.07, 6.45) is 1.02. The van der Waals surface area contributed by atoms with E-state index in [0.29, 0.717) is 52.9 Å². The van der Waals surface area contributed by atoms with E-state index in [4.69, 9.17) is 4.74 Å². The quantitative estimate of drug-likeness (QED) is 0.329. The van der Waals surface area contributed by atoms with Crippen molar-refractivity contribution in [3.8, 4) is 17.1 Å². The Labute approximate surface area is 235 Å². The van der Waals surface area contributed by atoms with E-state index in [1.807, 2.05) is 56.3 Å². The van der Waals surface area contributed by atoms with Gasteiger partial charge in [-0.25, -0.2) is 19.0 Å². The first-order chi connectivity index (χ1) is 19.9. The molecule has 10 nitrogen and oxygen atoms in total. The maximum absolute atomic E-state index is 14.9. The minimum atomic E-state index is -1.35. The molecule has 1 atom stereocenters. The zero-order valence-electron chi connectivity index (χ0n) is 22.5. The molecule has 208 valence electrons. The van der Waals surface area contributed by atoms with Gasteiger partial charge in [0.15, 0.2) is 0 Å². The van der Waals surface area contributed by atoms with Crippen LogP contribution in [0.2, 0.25) is 0 Å². The maximum Gasteiger partial charge on any atom is 0.269 e. The molecule has 4 aromatic rings. The first-order valence-electron chi connectivity index (χ1n) is 13.4. The maximum atomic E-state index is 14.9. The van der Waals surface area contributed by atoms with Gasteiger partial charge in [0.2, 0.25) is 12.0 Å². The number of para-hydroxylation sites is 1. The minimum Gasteiger partial charge on any atom is -0.477 e. The lowest BCUT2D eigenvalue weighted by Gasteiger charge is -2.17. The van der Waals surface area contributed by atoms with Gasteiger partial charge >= 0.3 is 0 Å². The Hall–Kier alpha value is -5.06. The van der Waals surface area contributed by atoms with Gasteiger partial charge in [-0.15, -0.1) is 0 Å². The Morgan fingerprint density at radius 2 is 1.93 bits per heavy atom. The highest BCUT2D eigenvalue weighted by atomic mass is 19.1. The second-order valence-corrected chi connectivity index (χ2v) is 10.1. The average molecular weight is 554 g/mol. The molecule has 0 saturated carbocycles. The number of aromatic nitrogens is 3. The largest absolute Gasteiger partial charge is 0.477 e. The Morgan fingerprint density at radius 1 is 1.10 bits per heavy atom. The van der Waals surface area contributed by atoms with E-state index in [2.05, 4.69) is 31.0 Å². The molecule has 4 heterocycles. The molecular formula is C30H28FN7O3. The average Bonchev–Trinajstić information content (AvgIpc) is 3.30. The number of carbonyl (C=O) groups is 2. The van der Waals surface area contributed by atoms with E-state index in [-0.39, 0.29) is 17.3 Å². The minimum absolute atomic E-state index is 0.00459. The van der Waals surface area contributed by atoms with E-state index in [0.717, 1.165) is 6.42 Å². The summed E-state index contributed by atoms with van der Waals surface area (Å²) in [4.78, 5) is 36.3. The van der Waals surface area contributed by atoms with Gasteiger partial charge in [0.1, 0.15) is 22.9 Å². The van der Waals surface area contributed by atoms with Crippen molar-refractivity contribution in [3.63, 3.8) is 0 Å². The number of rotatable bonds is 6. The number of anilines is 2. The van der Waals surface area contributed by atoms with E-state index in [1.165, 1.54) is 6.07 Å². The normalized spacial score (nSPS) is 16.0. The number of hydrogen-bond acceptors (Lipinski definition) is 7. The third kappa shape index (κ3) is 5.13. The van der Waals surface area contributed by atoms with Crippen molar-refractivity contribution in [2.24, 2.45) is 4.99 Å². The molecule has 0 fully saturated rings. The molecule has 41 heavy (non-hydrogen) atoms. The van der Waals surface area contributed by atoms with Crippen LogP contribution in [0.4, 0.5) is 15.9 Å². The van der Waals surface area contributed by atoms with Crippen molar-refractivity contribution in [2.75, 3.05) is 17.2 Å². The molecule has 2 amide bonds. The molecule has 2 aromatic carbocycles. The van der Waals surface area contributed by atoms with Crippen LogP contribution in [0, 0.1) is 5.82 Å². The van der Waals surface area contributed by atoms with E-state index in [9.17, 15) is 14.0 Å². The highest BCUT2D eigenvalue weighted by Crippen LogP contribution is 2.33. The summed E-state index contributed by atoms with van der Waals surface area (Å²) in [5.41, 5.74) is 2.62. The van der Waals surface area contributed by atoms with Gasteiger partial charge in [-0.1, -0.05) is 42.5 Å². The summed E-state index contributed by atoms with van der Waals surface area (Å²) in [6, 6.07) is 17.5. The molecule has 0 aliphatic carbocycles. The lowest BCUT2D eigenvalue weighted by atomic mass is 10.0. The van der Waals surface area contributed by atoms with Crippen LogP contribution in [-0.4, -0.2) is 51.1 Å². The predicted octanol–water partition coefficient (Wildman–Crippen LogP) is 4.23. The summed E-state index contributed by atoms with van der Waals surface area (Å²) in [5.74, 6) is -0.876. The van der Waals surface area contributed by atoms with Crippen molar-refractivity contribution in [2.45, 2.75) is 39.0 Å². The van der Waals surface area contributed by atoms with Gasteiger partial charge < -0.3 is 20.7 Å². The fraction of sp³-hybridized carbons (Fsp3) is 0.233. The van der Waals surface area contributed by atoms with Crippen LogP contribution in [-0.2, 0) is 11.3 Å². The van der Waals surface area contributed by atoms with Crippen LogP contribution < -0.4 is 20.7 Å². The number of nitrogens with zero attached hydrogens (tertiary/aromatic N) is 4. The molecule has 0 unspecified atom stereocenters. The predicted molar refractivity (Wildman–Crippen MR) is 153 cm³/mol. The summed E-state index contributed by atoms with van der Waals surface area (Å²) in [6.45, 7) is 5.03. The number of ether oxygens (including phenoxy) is 1. The van der Waals surface area contributed by atoms with E-state index in [1.54, 1.807) is 23.0 Å². The number of aryl methyl sites for hydroxylation is 1. The summed E-state index contributed by atoms with van der Waals surface area (Å²) >= 11 is 0. The number of benzodiazepines with no additional fused rings is 1. The number of aliphatic imine (C=N–C) groups is 1. The molecule has 11 heteroatoms. The van der Waals surface area contributed by atoms with Gasteiger partial charge in [0.25, 0.3) is 11.8 Å². The number of carbonyl (C=O) groups excluding carboxylic acids is 2. The van der Waals surface area contributed by atoms with Crippen LogP contribution in [0.25, 0.3) is 11.3 Å². The van der Waals surface area contributed by atoms with Crippen molar-refractivity contribution in [1.82, 2.24) is 20.1 Å². The highest BCUT2D eigenvalue weighted by Gasteiger charge is 2.33. The summed E-state index contributed by atoms with van der Waals surface area (Å²) < 4.78 is 22.4. The molecule has 0 radical (unpaired) electrons. The molecule has 2 aliphatic heterocycles. The molecule has 0 bridgehead atoms. The van der Waals surface area contributed by atoms with Gasteiger partial charge in [-0.3, -0.25) is 9.59 Å². The summed E-state index contributed by atoms with van der Waals surface area (Å²) in [5, 5.41) is 13.2. The van der Waals surface area contributed by atoms with Gasteiger partial charge in [0.05, 0.1) is 18.0 Å². The SMILES string of the molecule is CC(C)Nc1ccc(-c2nn3c(c2C(=O)N[C@H]2N=C(c4ccccc4)c4cccc(F)c4NC2=O)OCCC3)cn1. The summed E-state index contributed by atoms with van der Waals surface area (Å²) in [7, 11) is 0. The third-order valence-electron chi connectivity index (χ3n) is 6.70. The zero-order valence-corrected chi connectivity index (χ0v) is 22.5. The number of amides is 2. The lowest BCUT2D eigenvalue weighted by Crippen LogP contribution is -2.42. The number of hydrogen-bond donors (Lipinski definition) is 3. The monoisotopic (exact) mass is 553 g/mol. The van der Waals surface area contributed by atoms with Crippen LogP contribution >= 0.6 is 0 Å². The first kappa shape index (κ1) is 26.2. The zero-order chi connectivity index (χ0) is 28.5. The molecule has 6 rings (SSSR count). The first-order valence-corrected chi connectivity index (χ1v) is 13.4. The second kappa shape index (κ2) is 10.8. The molecular weight excluding hydrogens is 525 g/mol. The van der Waals surface area contributed by atoms with E-state index >= 15 is 0 Å². The Kier molecular flexibility index (Phi) is 6.92. The Morgan fingerprint density at radius 3 is 2.68 bits per heavy atom. The number of pyridine rings is 1. The van der Waals surface area contributed by atoms with Crippen LogP contribution in [0.3, 0.4) is 0 Å². The number of fused-ring (bicyclic) bond motifs is 2. The Balaban J connectivity index is 1.39. The standard InChI is InChI=1S/C30H28FN7O3/c1-17(2)33-22-13-12-19(16-32-22)25-23(30-38(37-25)14-7-15-41-30)28(39)36-27-29(40)35-26-20(10-6-11-21(26)31)24(34-27)18-8-4-3-5-9-18/h3-6,8-13,16-17,27H,7,14-15H2,1-2H3,(H,32,33)(H,35,40)(H,36,39)/t27-/m1/s1. The van der Waals surface area contributed by atoms with Gasteiger partial charge in [-0.05, 0) is 32.0 Å². The fourth-order valence-corrected chi connectivity index (χ4v) is 4.87. The van der Waals surface area contributed by atoms with Crippen LogP contribution in [0.15, 0.2) is 71.9 Å². The van der Waals surface area contributed by atoms with Crippen LogP contribution in [0.1, 0.15) is 41.8 Å². The van der Waals surface area contributed by atoms with Gasteiger partial charge in [-0.2, -0.15) is 5.10 Å². The lowest BCUT2D eigenvalue weighted by molar-refractivity contribution is -0.117. The molecule has 2 aromatic heterocycles. The number of halogens is 1. The van der Waals surface area contributed by atoms with Crippen molar-refractivity contribution < 1.29 is 18.7 Å². The Bertz CT molecular complexity index is 1650.